The number of nitrogens with zero attached hydrogens (tertiary/aromatic N) is 3. The van der Waals surface area contributed by atoms with Crippen molar-refractivity contribution in [1.82, 2.24) is 9.38 Å². The molecule has 3 aromatic rings. The summed E-state index contributed by atoms with van der Waals surface area (Å²) in [6.45, 7) is 7.85. The molecule has 1 saturated heterocycles. The largest absolute Gasteiger partial charge is 0.478 e. The third-order valence-electron chi connectivity index (χ3n) is 9.02. The average molecular weight is 487 g/mol. The molecule has 2 bridgehead atoms. The molecule has 1 aromatic carbocycles. The van der Waals surface area contributed by atoms with Crippen molar-refractivity contribution >= 4 is 23.1 Å². The molecule has 7 rings (SSSR count). The molecule has 3 atom stereocenters. The molecule has 3 aliphatic carbocycles. The van der Waals surface area contributed by atoms with Crippen molar-refractivity contribution in [2.45, 2.75) is 52.5 Å². The highest BCUT2D eigenvalue weighted by atomic mass is 16.4. The Bertz CT molecular complexity index is 1390. The van der Waals surface area contributed by atoms with Gasteiger partial charge in [0, 0.05) is 30.5 Å². The number of para-hydroxylation sites is 1. The number of aromatic carboxylic acids is 1. The highest BCUT2D eigenvalue weighted by molar-refractivity contribution is 5.94. The molecule has 2 aromatic heterocycles. The number of carbonyl (C=O) groups is 1. The monoisotopic (exact) mass is 486 g/mol. The Morgan fingerprint density at radius 3 is 2.36 bits per heavy atom. The number of hydrogen-bond donors (Lipinski definition) is 2. The molecule has 4 fully saturated rings. The van der Waals surface area contributed by atoms with Gasteiger partial charge in [0.1, 0.15) is 11.5 Å². The molecular weight excluding hydrogens is 452 g/mol. The highest BCUT2D eigenvalue weighted by Gasteiger charge is 2.48. The second-order valence-electron chi connectivity index (χ2n) is 11.2. The third kappa shape index (κ3) is 3.67. The van der Waals surface area contributed by atoms with E-state index in [4.69, 9.17) is 4.98 Å². The first-order valence-corrected chi connectivity index (χ1v) is 13.2. The number of aryl methyl sites for hydroxylation is 1. The Kier molecular flexibility index (Phi) is 5.54. The van der Waals surface area contributed by atoms with Crippen LogP contribution in [-0.4, -0.2) is 33.6 Å². The van der Waals surface area contributed by atoms with Crippen LogP contribution in [0.3, 0.4) is 0 Å². The fraction of sp³-hybridized carbons (Fsp3) is 0.483. The summed E-state index contributed by atoms with van der Waals surface area (Å²) >= 11 is 0. The van der Waals surface area contributed by atoms with Crippen LogP contribution >= 0.6 is 0 Å². The fourth-order valence-corrected chi connectivity index (χ4v) is 7.24. The second kappa shape index (κ2) is 8.64. The molecule has 2 N–H and O–H groups in total. The summed E-state index contributed by atoms with van der Waals surface area (Å²) in [5.41, 5.74) is 3.91. The minimum atomic E-state index is -0.976. The van der Waals surface area contributed by atoms with E-state index in [-0.39, 0.29) is 17.2 Å². The van der Waals surface area contributed by atoms with Gasteiger partial charge in [0.15, 0.2) is 0 Å². The number of carboxylic acid groups (broad SMARTS) is 1. The molecule has 1 aliphatic heterocycles. The van der Waals surface area contributed by atoms with E-state index in [1.165, 1.54) is 25.7 Å². The molecule has 7 heteroatoms. The van der Waals surface area contributed by atoms with Crippen molar-refractivity contribution in [2.24, 2.45) is 23.7 Å². The predicted octanol–water partition coefficient (Wildman–Crippen LogP) is 5.06. The van der Waals surface area contributed by atoms with Gasteiger partial charge >= 0.3 is 5.97 Å². The van der Waals surface area contributed by atoms with Crippen LogP contribution in [0, 0.1) is 37.5 Å². The van der Waals surface area contributed by atoms with Crippen molar-refractivity contribution < 1.29 is 9.90 Å². The Labute approximate surface area is 211 Å². The van der Waals surface area contributed by atoms with Crippen molar-refractivity contribution in [3.8, 4) is 0 Å². The van der Waals surface area contributed by atoms with E-state index < -0.39 is 5.97 Å². The topological polar surface area (TPSA) is 86.9 Å². The van der Waals surface area contributed by atoms with E-state index in [9.17, 15) is 14.7 Å². The van der Waals surface area contributed by atoms with Gasteiger partial charge in [-0.2, -0.15) is 0 Å². The first-order valence-electron chi connectivity index (χ1n) is 13.2. The minimum absolute atomic E-state index is 0.0315. The van der Waals surface area contributed by atoms with E-state index >= 15 is 0 Å². The summed E-state index contributed by atoms with van der Waals surface area (Å²) in [6, 6.07) is 8.70. The van der Waals surface area contributed by atoms with Crippen LogP contribution in [0.25, 0.3) is 5.65 Å². The van der Waals surface area contributed by atoms with Gasteiger partial charge in [-0.05, 0) is 93.9 Å². The van der Waals surface area contributed by atoms with Gasteiger partial charge in [0.05, 0.1) is 17.2 Å². The number of carboxylic acids is 1. The van der Waals surface area contributed by atoms with Gasteiger partial charge in [-0.25, -0.2) is 9.78 Å². The molecule has 7 nitrogen and oxygen atoms in total. The maximum absolute atomic E-state index is 13.6. The smallest absolute Gasteiger partial charge is 0.337 e. The molecule has 0 amide bonds. The lowest BCUT2D eigenvalue weighted by molar-refractivity contribution is 0.0577. The summed E-state index contributed by atoms with van der Waals surface area (Å²) in [7, 11) is 0. The molecule has 36 heavy (non-hydrogen) atoms. The molecule has 188 valence electrons. The first kappa shape index (κ1) is 23.1. The SMILES string of the molecule is Cc1cc(C(C)Nc2ccccc2C(=O)O)c2nc(N3CC4C5CCC(CC5)C4C3)c(C)c(=O)n2c1. The maximum Gasteiger partial charge on any atom is 0.337 e. The van der Waals surface area contributed by atoms with E-state index in [1.807, 2.05) is 39.1 Å². The van der Waals surface area contributed by atoms with Crippen molar-refractivity contribution in [3.05, 3.63) is 69.1 Å². The fourth-order valence-electron chi connectivity index (χ4n) is 7.24. The summed E-state index contributed by atoms with van der Waals surface area (Å²) < 4.78 is 1.66. The lowest BCUT2D eigenvalue weighted by Crippen LogP contribution is -2.38. The third-order valence-corrected chi connectivity index (χ3v) is 9.02. The molecule has 0 radical (unpaired) electrons. The van der Waals surface area contributed by atoms with Crippen LogP contribution in [0.15, 0.2) is 41.3 Å². The first-order chi connectivity index (χ1) is 17.3. The van der Waals surface area contributed by atoms with E-state index in [2.05, 4.69) is 10.2 Å². The number of nitrogens with one attached hydrogen (secondary N) is 1. The van der Waals surface area contributed by atoms with Crippen LogP contribution in [0.2, 0.25) is 0 Å². The molecule has 3 unspecified atom stereocenters. The van der Waals surface area contributed by atoms with E-state index in [0.717, 1.165) is 53.7 Å². The van der Waals surface area contributed by atoms with Gasteiger partial charge in [-0.3, -0.25) is 9.20 Å². The molecule has 0 spiro atoms. The van der Waals surface area contributed by atoms with Crippen LogP contribution in [0.1, 0.15) is 65.7 Å². The van der Waals surface area contributed by atoms with Crippen LogP contribution in [-0.2, 0) is 0 Å². The van der Waals surface area contributed by atoms with Crippen molar-refractivity contribution in [1.29, 1.82) is 0 Å². The number of anilines is 2. The zero-order chi connectivity index (χ0) is 25.1. The summed E-state index contributed by atoms with van der Waals surface area (Å²) in [5.74, 6) is 2.94. The quantitative estimate of drug-likeness (QED) is 0.525. The number of fused-ring (bicyclic) bond motifs is 3. The van der Waals surface area contributed by atoms with Gasteiger partial charge in [-0.1, -0.05) is 12.1 Å². The Morgan fingerprint density at radius 2 is 1.72 bits per heavy atom. The van der Waals surface area contributed by atoms with E-state index in [1.54, 1.807) is 22.6 Å². The lowest BCUT2D eigenvalue weighted by Gasteiger charge is -2.44. The number of hydrogen-bond acceptors (Lipinski definition) is 5. The predicted molar refractivity (Wildman–Crippen MR) is 141 cm³/mol. The minimum Gasteiger partial charge on any atom is -0.478 e. The normalized spacial score (nSPS) is 25.7. The lowest BCUT2D eigenvalue weighted by atomic mass is 9.60. The molecule has 4 aliphatic rings. The molecule has 3 heterocycles. The second-order valence-corrected chi connectivity index (χ2v) is 11.2. The van der Waals surface area contributed by atoms with Crippen LogP contribution < -0.4 is 15.8 Å². The Hall–Kier alpha value is -3.35. The Morgan fingerprint density at radius 1 is 1.08 bits per heavy atom. The average Bonchev–Trinajstić information content (AvgIpc) is 3.34. The van der Waals surface area contributed by atoms with Gasteiger partial charge in [0.25, 0.3) is 5.56 Å². The van der Waals surface area contributed by atoms with Gasteiger partial charge in [0.2, 0.25) is 0 Å². The van der Waals surface area contributed by atoms with Crippen LogP contribution in [0.4, 0.5) is 11.5 Å². The van der Waals surface area contributed by atoms with Crippen molar-refractivity contribution in [3.63, 3.8) is 0 Å². The highest BCUT2D eigenvalue weighted by Crippen LogP contribution is 2.52. The molecular formula is C29H34N4O3. The van der Waals surface area contributed by atoms with Gasteiger partial charge in [-0.15, -0.1) is 0 Å². The number of rotatable bonds is 5. The Balaban J connectivity index is 1.41. The van der Waals surface area contributed by atoms with Gasteiger partial charge < -0.3 is 15.3 Å². The summed E-state index contributed by atoms with van der Waals surface area (Å²) in [4.78, 5) is 32.8. The number of pyridine rings is 1. The zero-order valence-electron chi connectivity index (χ0n) is 21.2. The summed E-state index contributed by atoms with van der Waals surface area (Å²) in [5, 5.41) is 13.0. The maximum atomic E-state index is 13.6. The summed E-state index contributed by atoms with van der Waals surface area (Å²) in [6.07, 6.45) is 7.29. The van der Waals surface area contributed by atoms with E-state index in [0.29, 0.717) is 16.9 Å². The van der Waals surface area contributed by atoms with Crippen LogP contribution in [0.5, 0.6) is 0 Å². The zero-order valence-corrected chi connectivity index (χ0v) is 21.2. The van der Waals surface area contributed by atoms with Crippen molar-refractivity contribution in [2.75, 3.05) is 23.3 Å². The number of aromatic nitrogens is 2. The molecule has 3 saturated carbocycles. The standard InChI is InChI=1S/C29H34N4O3/c1-16-12-22(18(3)30-25-7-5-4-6-21(25)29(35)36)27-31-26(17(2)28(34)33(27)13-16)32-14-23-19-8-9-20(11-10-19)24(23)15-32/h4-7,12-13,18-20,23-24,30H,8-11,14-15H2,1-3H3,(H,35,36). The number of benzene rings is 1.